The maximum atomic E-state index is 12.3. The Morgan fingerprint density at radius 2 is 1.70 bits per heavy atom. The summed E-state index contributed by atoms with van der Waals surface area (Å²) < 4.78 is 0. The second-order valence-electron chi connectivity index (χ2n) is 4.00. The molecule has 1 amide bonds. The summed E-state index contributed by atoms with van der Waals surface area (Å²) in [5.41, 5.74) is 0.997. The van der Waals surface area contributed by atoms with Crippen molar-refractivity contribution in [1.29, 1.82) is 0 Å². The van der Waals surface area contributed by atoms with Crippen LogP contribution >= 0.6 is 0 Å². The number of benzene rings is 2. The van der Waals surface area contributed by atoms with Crippen LogP contribution in [0, 0.1) is 10.1 Å². The fraction of sp³-hybridized carbons (Fsp3) is 0. The van der Waals surface area contributed by atoms with E-state index in [0.29, 0.717) is 11.3 Å². The van der Waals surface area contributed by atoms with E-state index >= 15 is 0 Å². The summed E-state index contributed by atoms with van der Waals surface area (Å²) in [6, 6.07) is 14.5. The minimum atomic E-state index is -0.503. The average Bonchev–Trinajstić information content (AvgIpc) is 2.49. The zero-order valence-electron chi connectivity index (χ0n) is 10.6. The highest BCUT2D eigenvalue weighted by atomic mass is 16.6. The number of rotatable bonds is 4. The maximum Gasteiger partial charge on any atom is 0.269 e. The van der Waals surface area contributed by atoms with Gasteiger partial charge in [-0.25, -0.2) is 0 Å². The van der Waals surface area contributed by atoms with Crippen LogP contribution in [0.15, 0.2) is 67.4 Å². The Hall–Kier alpha value is -2.95. The largest absolute Gasteiger partial charge is 0.284 e. The number of non-ortho nitro benzene ring substituents is 1. The van der Waals surface area contributed by atoms with Crippen molar-refractivity contribution >= 4 is 17.3 Å². The summed E-state index contributed by atoms with van der Waals surface area (Å²) in [4.78, 5) is 23.8. The molecule has 0 aromatic heterocycles. The van der Waals surface area contributed by atoms with Crippen LogP contribution in [-0.2, 0) is 0 Å². The number of nitro benzene ring substituents is 1. The standard InChI is InChI=1S/C15H12N2O3/c1-2-16(13-6-4-3-5-7-13)15(18)12-8-10-14(11-9-12)17(19)20/h2-11H,1H2. The van der Waals surface area contributed by atoms with Gasteiger partial charge in [-0.1, -0.05) is 24.8 Å². The Morgan fingerprint density at radius 1 is 1.10 bits per heavy atom. The predicted octanol–water partition coefficient (Wildman–Crippen LogP) is 3.39. The third kappa shape index (κ3) is 2.72. The molecule has 0 spiro atoms. The molecule has 5 heteroatoms. The third-order valence-corrected chi connectivity index (χ3v) is 2.76. The van der Waals surface area contributed by atoms with Crippen molar-refractivity contribution in [3.63, 3.8) is 0 Å². The van der Waals surface area contributed by atoms with Crippen LogP contribution in [0.1, 0.15) is 10.4 Å². The van der Waals surface area contributed by atoms with Crippen LogP contribution in [0.3, 0.4) is 0 Å². The molecule has 0 bridgehead atoms. The maximum absolute atomic E-state index is 12.3. The number of hydrogen-bond donors (Lipinski definition) is 0. The second-order valence-corrected chi connectivity index (χ2v) is 4.00. The predicted molar refractivity (Wildman–Crippen MR) is 76.5 cm³/mol. The molecular formula is C15H12N2O3. The summed E-state index contributed by atoms with van der Waals surface area (Å²) in [7, 11) is 0. The van der Waals surface area contributed by atoms with Gasteiger partial charge in [-0.05, 0) is 24.3 Å². The molecule has 100 valence electrons. The Balaban J connectivity index is 2.29. The van der Waals surface area contributed by atoms with Gasteiger partial charge in [-0.3, -0.25) is 19.8 Å². The van der Waals surface area contributed by atoms with E-state index in [1.54, 1.807) is 12.1 Å². The fourth-order valence-corrected chi connectivity index (χ4v) is 1.76. The molecule has 2 aromatic carbocycles. The summed E-state index contributed by atoms with van der Waals surface area (Å²) >= 11 is 0. The molecule has 0 aliphatic rings. The molecule has 2 aromatic rings. The van der Waals surface area contributed by atoms with Gasteiger partial charge >= 0.3 is 0 Å². The van der Waals surface area contributed by atoms with Gasteiger partial charge in [0.2, 0.25) is 0 Å². The van der Waals surface area contributed by atoms with Crippen molar-refractivity contribution in [1.82, 2.24) is 0 Å². The zero-order valence-corrected chi connectivity index (χ0v) is 10.6. The lowest BCUT2D eigenvalue weighted by molar-refractivity contribution is -0.384. The number of carbonyl (C=O) groups excluding carboxylic acids is 1. The summed E-state index contributed by atoms with van der Waals surface area (Å²) in [6.45, 7) is 3.63. The lowest BCUT2D eigenvalue weighted by Gasteiger charge is -2.17. The zero-order chi connectivity index (χ0) is 14.5. The first-order chi connectivity index (χ1) is 9.63. The number of carbonyl (C=O) groups is 1. The molecule has 0 unspecified atom stereocenters. The molecule has 0 radical (unpaired) electrons. The van der Waals surface area contributed by atoms with Gasteiger partial charge in [0.1, 0.15) is 0 Å². The van der Waals surface area contributed by atoms with E-state index < -0.39 is 4.92 Å². The molecule has 0 heterocycles. The quantitative estimate of drug-likeness (QED) is 0.630. The monoisotopic (exact) mass is 268 g/mol. The van der Waals surface area contributed by atoms with Crippen molar-refractivity contribution in [2.75, 3.05) is 4.90 Å². The second kappa shape index (κ2) is 5.79. The van der Waals surface area contributed by atoms with Gasteiger partial charge in [0, 0.05) is 29.6 Å². The highest BCUT2D eigenvalue weighted by Crippen LogP contribution is 2.19. The van der Waals surface area contributed by atoms with Crippen LogP contribution in [0.5, 0.6) is 0 Å². The first-order valence-electron chi connectivity index (χ1n) is 5.89. The van der Waals surface area contributed by atoms with Gasteiger partial charge in [0.25, 0.3) is 11.6 Å². The molecule has 5 nitrogen and oxygen atoms in total. The number of nitro groups is 1. The van der Waals surface area contributed by atoms with Gasteiger partial charge < -0.3 is 0 Å². The van der Waals surface area contributed by atoms with Crippen LogP contribution < -0.4 is 4.90 Å². The molecule has 0 aliphatic carbocycles. The van der Waals surface area contributed by atoms with E-state index in [9.17, 15) is 14.9 Å². The lowest BCUT2D eigenvalue weighted by atomic mass is 10.1. The number of hydrogen-bond acceptors (Lipinski definition) is 3. The molecule has 0 saturated carbocycles. The number of para-hydroxylation sites is 1. The van der Waals surface area contributed by atoms with E-state index in [1.165, 1.54) is 35.4 Å². The molecule has 0 fully saturated rings. The normalized spacial score (nSPS) is 9.80. The number of anilines is 1. The number of nitrogens with zero attached hydrogens (tertiary/aromatic N) is 2. The van der Waals surface area contributed by atoms with Crippen molar-refractivity contribution < 1.29 is 9.72 Å². The number of amides is 1. The van der Waals surface area contributed by atoms with Gasteiger partial charge in [0.15, 0.2) is 0 Å². The van der Waals surface area contributed by atoms with Gasteiger partial charge in [0.05, 0.1) is 4.92 Å². The fourth-order valence-electron chi connectivity index (χ4n) is 1.76. The van der Waals surface area contributed by atoms with Crippen molar-refractivity contribution in [3.05, 3.63) is 83.1 Å². The van der Waals surface area contributed by atoms with E-state index in [2.05, 4.69) is 6.58 Å². The van der Waals surface area contributed by atoms with Crippen LogP contribution in [0.2, 0.25) is 0 Å². The Morgan fingerprint density at radius 3 is 2.20 bits per heavy atom. The Bertz CT molecular complexity index is 636. The summed E-state index contributed by atoms with van der Waals surface area (Å²) in [5, 5.41) is 10.6. The molecule has 0 aliphatic heterocycles. The van der Waals surface area contributed by atoms with Crippen molar-refractivity contribution in [2.24, 2.45) is 0 Å². The Labute approximate surface area is 115 Å². The molecule has 0 atom stereocenters. The molecule has 0 N–H and O–H groups in total. The highest BCUT2D eigenvalue weighted by Gasteiger charge is 2.16. The van der Waals surface area contributed by atoms with Gasteiger partial charge in [-0.2, -0.15) is 0 Å². The summed E-state index contributed by atoms with van der Waals surface area (Å²) in [6.07, 6.45) is 1.42. The molecule has 20 heavy (non-hydrogen) atoms. The smallest absolute Gasteiger partial charge is 0.269 e. The minimum Gasteiger partial charge on any atom is -0.284 e. The SMILES string of the molecule is C=CN(C(=O)c1ccc([N+](=O)[O-])cc1)c1ccccc1. The van der Waals surface area contributed by atoms with Crippen LogP contribution in [-0.4, -0.2) is 10.8 Å². The van der Waals surface area contributed by atoms with E-state index in [0.717, 1.165) is 0 Å². The molecular weight excluding hydrogens is 256 g/mol. The topological polar surface area (TPSA) is 63.5 Å². The summed E-state index contributed by atoms with van der Waals surface area (Å²) in [5.74, 6) is -0.291. The minimum absolute atomic E-state index is 0.0496. The van der Waals surface area contributed by atoms with E-state index in [-0.39, 0.29) is 11.6 Å². The lowest BCUT2D eigenvalue weighted by Crippen LogP contribution is -2.24. The molecule has 2 rings (SSSR count). The van der Waals surface area contributed by atoms with Crippen LogP contribution in [0.25, 0.3) is 0 Å². The van der Waals surface area contributed by atoms with Crippen molar-refractivity contribution in [2.45, 2.75) is 0 Å². The Kier molecular flexibility index (Phi) is 3.91. The third-order valence-electron chi connectivity index (χ3n) is 2.76. The first kappa shape index (κ1) is 13.5. The highest BCUT2D eigenvalue weighted by molar-refractivity contribution is 6.07. The van der Waals surface area contributed by atoms with E-state index in [4.69, 9.17) is 0 Å². The van der Waals surface area contributed by atoms with Crippen molar-refractivity contribution in [3.8, 4) is 0 Å². The van der Waals surface area contributed by atoms with Gasteiger partial charge in [-0.15, -0.1) is 0 Å². The van der Waals surface area contributed by atoms with E-state index in [1.807, 2.05) is 18.2 Å². The average molecular weight is 268 g/mol. The molecule has 0 saturated heterocycles. The van der Waals surface area contributed by atoms with Crippen LogP contribution in [0.4, 0.5) is 11.4 Å². The first-order valence-corrected chi connectivity index (χ1v) is 5.89.